The van der Waals surface area contributed by atoms with Gasteiger partial charge in [0.1, 0.15) is 0 Å². The maximum atomic E-state index is 12.8. The van der Waals surface area contributed by atoms with E-state index in [1.165, 1.54) is 5.56 Å². The monoisotopic (exact) mass is 386 g/mol. The molecule has 0 atom stereocenters. The first-order valence-electron chi connectivity index (χ1n) is 10.3. The molecule has 1 saturated heterocycles. The maximum Gasteiger partial charge on any atom is 0.306 e. The molecule has 1 aromatic carbocycles. The van der Waals surface area contributed by atoms with Gasteiger partial charge >= 0.3 is 5.97 Å². The van der Waals surface area contributed by atoms with E-state index in [-0.39, 0.29) is 30.2 Å². The van der Waals surface area contributed by atoms with E-state index in [0.29, 0.717) is 31.8 Å². The highest BCUT2D eigenvalue weighted by molar-refractivity contribution is 5.86. The van der Waals surface area contributed by atoms with Crippen molar-refractivity contribution in [3.8, 4) is 0 Å². The van der Waals surface area contributed by atoms with Crippen molar-refractivity contribution in [2.45, 2.75) is 44.4 Å². The number of hydrogen-bond acceptors (Lipinski definition) is 3. The van der Waals surface area contributed by atoms with Crippen molar-refractivity contribution in [1.82, 2.24) is 9.80 Å². The van der Waals surface area contributed by atoms with Crippen molar-refractivity contribution in [2.75, 3.05) is 26.7 Å². The van der Waals surface area contributed by atoms with Crippen LogP contribution in [0.1, 0.15) is 50.0 Å². The predicted octanol–water partition coefficient (Wildman–Crippen LogP) is 2.74. The van der Waals surface area contributed by atoms with E-state index in [1.54, 1.807) is 16.8 Å². The Morgan fingerprint density at radius 2 is 1.57 bits per heavy atom. The molecule has 1 aromatic rings. The summed E-state index contributed by atoms with van der Waals surface area (Å²) >= 11 is 0. The predicted molar refractivity (Wildman–Crippen MR) is 106 cm³/mol. The normalized spacial score (nSPS) is 23.2. The second-order valence-corrected chi connectivity index (χ2v) is 8.15. The highest BCUT2D eigenvalue weighted by Crippen LogP contribution is 2.36. The molecule has 0 radical (unpaired) electrons. The van der Waals surface area contributed by atoms with E-state index in [1.807, 2.05) is 6.07 Å². The summed E-state index contributed by atoms with van der Waals surface area (Å²) in [6, 6.07) is 10.5. The first-order valence-corrected chi connectivity index (χ1v) is 10.3. The molecular weight excluding hydrogens is 356 g/mol. The fraction of sp³-hybridized carbons (Fsp3) is 0.591. The number of piperidine rings is 1. The molecule has 6 nitrogen and oxygen atoms in total. The lowest BCUT2D eigenvalue weighted by molar-refractivity contribution is -0.147. The molecule has 1 N–H and O–H groups in total. The van der Waals surface area contributed by atoms with Crippen molar-refractivity contribution < 1.29 is 19.5 Å². The average molecular weight is 386 g/mol. The van der Waals surface area contributed by atoms with Crippen LogP contribution in [0.15, 0.2) is 30.3 Å². The Labute approximate surface area is 166 Å². The third-order valence-corrected chi connectivity index (χ3v) is 6.29. The Morgan fingerprint density at radius 3 is 2.14 bits per heavy atom. The zero-order valence-electron chi connectivity index (χ0n) is 16.5. The SMILES string of the molecule is CN(CC(=O)N1CCC(C(=O)O)CC1)C(=O)C1CCC(c2ccccc2)CC1. The zero-order chi connectivity index (χ0) is 20.1. The highest BCUT2D eigenvalue weighted by atomic mass is 16.4. The molecule has 1 aliphatic heterocycles. The van der Waals surface area contributed by atoms with Gasteiger partial charge < -0.3 is 14.9 Å². The fourth-order valence-electron chi connectivity index (χ4n) is 4.47. The van der Waals surface area contributed by atoms with Crippen LogP contribution in [0.2, 0.25) is 0 Å². The van der Waals surface area contributed by atoms with Gasteiger partial charge in [-0.15, -0.1) is 0 Å². The van der Waals surface area contributed by atoms with Crippen LogP contribution in [0.25, 0.3) is 0 Å². The number of amides is 2. The summed E-state index contributed by atoms with van der Waals surface area (Å²) in [4.78, 5) is 39.5. The van der Waals surface area contributed by atoms with E-state index >= 15 is 0 Å². The van der Waals surface area contributed by atoms with Gasteiger partial charge in [0.25, 0.3) is 0 Å². The number of rotatable bonds is 5. The number of carbonyl (C=O) groups is 3. The van der Waals surface area contributed by atoms with Gasteiger partial charge in [-0.25, -0.2) is 0 Å². The summed E-state index contributed by atoms with van der Waals surface area (Å²) in [6.45, 7) is 0.995. The largest absolute Gasteiger partial charge is 0.481 e. The molecule has 152 valence electrons. The molecule has 2 amide bonds. The van der Waals surface area contributed by atoms with Crippen LogP contribution in [0.4, 0.5) is 0 Å². The summed E-state index contributed by atoms with van der Waals surface area (Å²) in [6.07, 6.45) is 4.71. The van der Waals surface area contributed by atoms with Crippen molar-refractivity contribution in [2.24, 2.45) is 11.8 Å². The van der Waals surface area contributed by atoms with Crippen molar-refractivity contribution in [3.63, 3.8) is 0 Å². The van der Waals surface area contributed by atoms with E-state index in [0.717, 1.165) is 25.7 Å². The third-order valence-electron chi connectivity index (χ3n) is 6.29. The van der Waals surface area contributed by atoms with Crippen LogP contribution in [0, 0.1) is 11.8 Å². The summed E-state index contributed by atoms with van der Waals surface area (Å²) in [5.41, 5.74) is 1.35. The first-order chi connectivity index (χ1) is 13.5. The van der Waals surface area contributed by atoms with Crippen LogP contribution in [-0.2, 0) is 14.4 Å². The molecule has 0 unspecified atom stereocenters. The third kappa shape index (κ3) is 4.91. The molecule has 28 heavy (non-hydrogen) atoms. The summed E-state index contributed by atoms with van der Waals surface area (Å²) in [5.74, 6) is -0.658. The van der Waals surface area contributed by atoms with Crippen molar-refractivity contribution in [1.29, 1.82) is 0 Å². The molecule has 1 aliphatic carbocycles. The van der Waals surface area contributed by atoms with Crippen molar-refractivity contribution in [3.05, 3.63) is 35.9 Å². The average Bonchev–Trinajstić information content (AvgIpc) is 2.74. The summed E-state index contributed by atoms with van der Waals surface area (Å²) < 4.78 is 0. The lowest BCUT2D eigenvalue weighted by Gasteiger charge is -2.33. The molecule has 6 heteroatoms. The number of carbonyl (C=O) groups excluding carboxylic acids is 2. The number of nitrogens with zero attached hydrogens (tertiary/aromatic N) is 2. The number of benzene rings is 1. The lowest BCUT2D eigenvalue weighted by atomic mass is 9.78. The highest BCUT2D eigenvalue weighted by Gasteiger charge is 2.31. The Balaban J connectivity index is 1.45. The summed E-state index contributed by atoms with van der Waals surface area (Å²) in [7, 11) is 1.70. The molecule has 0 bridgehead atoms. The number of likely N-dealkylation sites (N-methyl/N-ethyl adjacent to an activating group) is 1. The minimum Gasteiger partial charge on any atom is -0.481 e. The van der Waals surface area contributed by atoms with E-state index < -0.39 is 5.97 Å². The number of aliphatic carboxylic acids is 1. The Kier molecular flexibility index (Phi) is 6.70. The second kappa shape index (κ2) is 9.22. The zero-order valence-corrected chi connectivity index (χ0v) is 16.5. The standard InChI is InChI=1S/C22H30N2O4/c1-23(15-20(25)24-13-11-19(12-14-24)22(27)28)21(26)18-9-7-17(8-10-18)16-5-3-2-4-6-16/h2-6,17-19H,7-15H2,1H3,(H,27,28). The minimum atomic E-state index is -0.787. The lowest BCUT2D eigenvalue weighted by Crippen LogP contribution is -2.46. The van der Waals surface area contributed by atoms with Gasteiger partial charge in [-0.3, -0.25) is 14.4 Å². The molecule has 0 spiro atoms. The molecule has 2 fully saturated rings. The maximum absolute atomic E-state index is 12.8. The summed E-state index contributed by atoms with van der Waals surface area (Å²) in [5, 5.41) is 9.06. The van der Waals surface area contributed by atoms with Gasteiger partial charge in [-0.1, -0.05) is 30.3 Å². The Hall–Kier alpha value is -2.37. The molecule has 1 heterocycles. The van der Waals surface area contributed by atoms with E-state index in [2.05, 4.69) is 24.3 Å². The minimum absolute atomic E-state index is 0.00416. The quantitative estimate of drug-likeness (QED) is 0.844. The van der Waals surface area contributed by atoms with Crippen LogP contribution in [0.5, 0.6) is 0 Å². The Morgan fingerprint density at radius 1 is 0.964 bits per heavy atom. The molecular formula is C22H30N2O4. The number of likely N-dealkylation sites (tertiary alicyclic amines) is 1. The molecule has 0 aromatic heterocycles. The number of hydrogen-bond donors (Lipinski definition) is 1. The van der Waals surface area contributed by atoms with Gasteiger partial charge in [0.05, 0.1) is 12.5 Å². The fourth-order valence-corrected chi connectivity index (χ4v) is 4.47. The second-order valence-electron chi connectivity index (χ2n) is 8.15. The molecule has 3 rings (SSSR count). The molecule has 2 aliphatic rings. The number of carboxylic acid groups (broad SMARTS) is 1. The van der Waals surface area contributed by atoms with Crippen molar-refractivity contribution >= 4 is 17.8 Å². The van der Waals surface area contributed by atoms with Gasteiger partial charge in [-0.05, 0) is 50.0 Å². The van der Waals surface area contributed by atoms with Gasteiger partial charge in [0, 0.05) is 26.1 Å². The van der Waals surface area contributed by atoms with E-state index in [9.17, 15) is 14.4 Å². The van der Waals surface area contributed by atoms with Crippen LogP contribution in [-0.4, -0.2) is 59.4 Å². The van der Waals surface area contributed by atoms with Crippen LogP contribution < -0.4 is 0 Å². The first kappa shape index (κ1) is 20.4. The topological polar surface area (TPSA) is 77.9 Å². The number of carboxylic acids is 1. The Bertz CT molecular complexity index is 690. The molecule has 1 saturated carbocycles. The smallest absolute Gasteiger partial charge is 0.306 e. The van der Waals surface area contributed by atoms with Gasteiger partial charge in [-0.2, -0.15) is 0 Å². The van der Waals surface area contributed by atoms with Crippen LogP contribution >= 0.6 is 0 Å². The van der Waals surface area contributed by atoms with Gasteiger partial charge in [0.15, 0.2) is 0 Å². The van der Waals surface area contributed by atoms with Crippen LogP contribution in [0.3, 0.4) is 0 Å². The van der Waals surface area contributed by atoms with E-state index in [4.69, 9.17) is 5.11 Å². The van der Waals surface area contributed by atoms with Gasteiger partial charge in [0.2, 0.25) is 11.8 Å².